The number of rotatable bonds is 5. The maximum Gasteiger partial charge on any atom is 0.176 e. The summed E-state index contributed by atoms with van der Waals surface area (Å²) in [5.41, 5.74) is 1.58. The van der Waals surface area contributed by atoms with E-state index in [4.69, 9.17) is 16.3 Å². The van der Waals surface area contributed by atoms with E-state index < -0.39 is 0 Å². The van der Waals surface area contributed by atoms with Crippen LogP contribution in [0.1, 0.15) is 35.7 Å². The average Bonchev–Trinajstić information content (AvgIpc) is 2.28. The van der Waals surface area contributed by atoms with Crippen LogP contribution in [0.2, 0.25) is 5.02 Å². The Hall–Kier alpha value is -1.06. The number of halogens is 1. The molecule has 0 saturated heterocycles. The van der Waals surface area contributed by atoms with Crippen LogP contribution in [-0.4, -0.2) is 26.5 Å². The minimum atomic E-state index is 0.0268. The summed E-state index contributed by atoms with van der Waals surface area (Å²) in [5.74, 6) is 0.936. The third kappa shape index (κ3) is 3.20. The van der Waals surface area contributed by atoms with Gasteiger partial charge in [0.2, 0.25) is 0 Å². The van der Waals surface area contributed by atoms with E-state index in [0.29, 0.717) is 22.9 Å². The molecule has 0 saturated carbocycles. The van der Waals surface area contributed by atoms with Crippen LogP contribution in [0.4, 0.5) is 0 Å². The molecule has 1 rings (SSSR count). The van der Waals surface area contributed by atoms with Crippen LogP contribution >= 0.6 is 11.6 Å². The number of hydrogen-bond acceptors (Lipinski definition) is 3. The first kappa shape index (κ1) is 14.0. The molecule has 1 N–H and O–H groups in total. The summed E-state index contributed by atoms with van der Waals surface area (Å²) in [6.07, 6.45) is 0. The van der Waals surface area contributed by atoms with Gasteiger partial charge in [0.1, 0.15) is 5.75 Å². The minimum absolute atomic E-state index is 0.0268. The lowest BCUT2D eigenvalue weighted by Gasteiger charge is -2.15. The van der Waals surface area contributed by atoms with Crippen molar-refractivity contribution in [1.29, 1.82) is 0 Å². The number of carbonyl (C=O) groups excluding carboxylic acids is 1. The molecular formula is C13H18ClNO2. The van der Waals surface area contributed by atoms with E-state index >= 15 is 0 Å². The maximum atomic E-state index is 11.8. The third-order valence-electron chi connectivity index (χ3n) is 2.56. The van der Waals surface area contributed by atoms with Gasteiger partial charge in [-0.05, 0) is 30.7 Å². The molecule has 0 aromatic heterocycles. The van der Waals surface area contributed by atoms with Gasteiger partial charge in [0.05, 0.1) is 18.7 Å². The van der Waals surface area contributed by atoms with Crippen molar-refractivity contribution in [2.45, 2.75) is 19.8 Å². The highest BCUT2D eigenvalue weighted by Gasteiger charge is 2.16. The molecule has 3 nitrogen and oxygen atoms in total. The van der Waals surface area contributed by atoms with Gasteiger partial charge in [-0.1, -0.05) is 25.4 Å². The molecular weight excluding hydrogens is 238 g/mol. The summed E-state index contributed by atoms with van der Waals surface area (Å²) in [7, 11) is 3.33. The first-order valence-corrected chi connectivity index (χ1v) is 5.94. The number of ketones is 1. The molecule has 0 unspecified atom stereocenters. The van der Waals surface area contributed by atoms with E-state index in [9.17, 15) is 4.79 Å². The molecule has 0 radical (unpaired) electrons. The fraction of sp³-hybridized carbons (Fsp3) is 0.462. The van der Waals surface area contributed by atoms with E-state index in [2.05, 4.69) is 5.32 Å². The van der Waals surface area contributed by atoms with Crippen LogP contribution < -0.4 is 10.1 Å². The molecule has 17 heavy (non-hydrogen) atoms. The van der Waals surface area contributed by atoms with Gasteiger partial charge in [0.25, 0.3) is 0 Å². The fourth-order valence-electron chi connectivity index (χ4n) is 1.68. The van der Waals surface area contributed by atoms with Crippen LogP contribution in [0.25, 0.3) is 0 Å². The molecule has 0 fully saturated rings. The second-order valence-electron chi connectivity index (χ2n) is 4.19. The van der Waals surface area contributed by atoms with E-state index in [1.165, 1.54) is 0 Å². The zero-order valence-electron chi connectivity index (χ0n) is 10.6. The van der Waals surface area contributed by atoms with Crippen molar-refractivity contribution in [3.8, 4) is 5.75 Å². The molecule has 1 aromatic rings. The van der Waals surface area contributed by atoms with Gasteiger partial charge in [-0.25, -0.2) is 0 Å². The van der Waals surface area contributed by atoms with Crippen molar-refractivity contribution in [2.24, 2.45) is 0 Å². The van der Waals surface area contributed by atoms with Crippen LogP contribution in [-0.2, 0) is 0 Å². The van der Waals surface area contributed by atoms with Gasteiger partial charge in [-0.15, -0.1) is 0 Å². The first-order valence-electron chi connectivity index (χ1n) is 5.56. The Morgan fingerprint density at radius 3 is 2.59 bits per heavy atom. The zero-order chi connectivity index (χ0) is 13.0. The monoisotopic (exact) mass is 255 g/mol. The van der Waals surface area contributed by atoms with Crippen molar-refractivity contribution < 1.29 is 9.53 Å². The van der Waals surface area contributed by atoms with Crippen LogP contribution in [0.15, 0.2) is 12.1 Å². The molecule has 0 aliphatic heterocycles. The van der Waals surface area contributed by atoms with Crippen LogP contribution in [0.5, 0.6) is 5.75 Å². The summed E-state index contributed by atoms with van der Waals surface area (Å²) in [6, 6.07) is 3.51. The van der Waals surface area contributed by atoms with Crippen LogP contribution in [0, 0.1) is 0 Å². The Morgan fingerprint density at radius 1 is 1.47 bits per heavy atom. The van der Waals surface area contributed by atoms with E-state index in [0.717, 1.165) is 5.56 Å². The second kappa shape index (κ2) is 6.03. The number of methoxy groups -OCH3 is 1. The molecule has 0 atom stereocenters. The highest BCUT2D eigenvalue weighted by molar-refractivity contribution is 6.32. The number of Topliss-reactive ketones (excluding diaryl/α,β-unsaturated/α-hetero) is 1. The van der Waals surface area contributed by atoms with Crippen molar-refractivity contribution >= 4 is 17.4 Å². The predicted molar refractivity (Wildman–Crippen MR) is 70.4 cm³/mol. The highest BCUT2D eigenvalue weighted by atomic mass is 35.5. The van der Waals surface area contributed by atoms with Gasteiger partial charge in [0.15, 0.2) is 5.78 Å². The van der Waals surface area contributed by atoms with Gasteiger partial charge in [-0.2, -0.15) is 0 Å². The number of likely N-dealkylation sites (N-methyl/N-ethyl adjacent to an activating group) is 1. The lowest BCUT2D eigenvalue weighted by molar-refractivity contribution is 0.0993. The summed E-state index contributed by atoms with van der Waals surface area (Å²) in [4.78, 5) is 11.8. The van der Waals surface area contributed by atoms with Gasteiger partial charge < -0.3 is 10.1 Å². The summed E-state index contributed by atoms with van der Waals surface area (Å²) in [5, 5.41) is 3.32. The normalized spacial score (nSPS) is 10.7. The Balaban J connectivity index is 3.24. The summed E-state index contributed by atoms with van der Waals surface area (Å²) < 4.78 is 5.27. The van der Waals surface area contributed by atoms with E-state index in [1.54, 1.807) is 20.2 Å². The molecule has 94 valence electrons. The molecule has 0 heterocycles. The number of nitrogens with one attached hydrogen (secondary N) is 1. The van der Waals surface area contributed by atoms with Crippen molar-refractivity contribution in [3.63, 3.8) is 0 Å². The standard InChI is InChI=1S/C13H18ClNO2/c1-8(2)10-5-9(12(16)7-15-3)6-11(14)13(10)17-4/h5-6,8,15H,7H2,1-4H3. The zero-order valence-corrected chi connectivity index (χ0v) is 11.4. The Bertz CT molecular complexity index is 416. The topological polar surface area (TPSA) is 38.3 Å². The first-order chi connectivity index (χ1) is 8.01. The summed E-state index contributed by atoms with van der Waals surface area (Å²) >= 11 is 6.13. The van der Waals surface area contributed by atoms with E-state index in [-0.39, 0.29) is 11.7 Å². The third-order valence-corrected chi connectivity index (χ3v) is 2.84. The maximum absolute atomic E-state index is 11.8. The Labute approximate surface area is 107 Å². The largest absolute Gasteiger partial charge is 0.495 e. The molecule has 0 bridgehead atoms. The lowest BCUT2D eigenvalue weighted by atomic mass is 9.98. The van der Waals surface area contributed by atoms with E-state index in [1.807, 2.05) is 19.9 Å². The van der Waals surface area contributed by atoms with Gasteiger partial charge in [0, 0.05) is 5.56 Å². The smallest absolute Gasteiger partial charge is 0.176 e. The Kier molecular flexibility index (Phi) is 4.97. The average molecular weight is 256 g/mol. The predicted octanol–water partition coefficient (Wildman–Crippen LogP) is 2.87. The minimum Gasteiger partial charge on any atom is -0.495 e. The van der Waals surface area contributed by atoms with Crippen LogP contribution in [0.3, 0.4) is 0 Å². The second-order valence-corrected chi connectivity index (χ2v) is 4.60. The van der Waals surface area contributed by atoms with Crippen molar-refractivity contribution in [3.05, 3.63) is 28.3 Å². The molecule has 0 spiro atoms. The number of hydrogen-bond donors (Lipinski definition) is 1. The van der Waals surface area contributed by atoms with Crippen molar-refractivity contribution in [1.82, 2.24) is 5.32 Å². The number of benzene rings is 1. The SMILES string of the molecule is CNCC(=O)c1cc(Cl)c(OC)c(C(C)C)c1. The Morgan fingerprint density at radius 2 is 2.12 bits per heavy atom. The highest BCUT2D eigenvalue weighted by Crippen LogP contribution is 2.34. The molecule has 1 aromatic carbocycles. The molecule has 0 aliphatic rings. The fourth-order valence-corrected chi connectivity index (χ4v) is 1.99. The van der Waals surface area contributed by atoms with Gasteiger partial charge >= 0.3 is 0 Å². The van der Waals surface area contributed by atoms with Gasteiger partial charge in [-0.3, -0.25) is 4.79 Å². The van der Waals surface area contributed by atoms with Crippen molar-refractivity contribution in [2.75, 3.05) is 20.7 Å². The quantitative estimate of drug-likeness (QED) is 0.823. The number of ether oxygens (including phenoxy) is 1. The summed E-state index contributed by atoms with van der Waals surface area (Å²) in [6.45, 7) is 4.39. The number of carbonyl (C=O) groups is 1. The molecule has 0 aliphatic carbocycles. The molecule has 4 heteroatoms. The lowest BCUT2D eigenvalue weighted by Crippen LogP contribution is -2.18. The molecule has 0 amide bonds.